The Kier molecular flexibility index (Phi) is 3.33. The molecule has 0 saturated carbocycles. The van der Waals surface area contributed by atoms with Gasteiger partial charge in [-0.15, -0.1) is 0 Å². The van der Waals surface area contributed by atoms with E-state index in [0.29, 0.717) is 22.3 Å². The summed E-state index contributed by atoms with van der Waals surface area (Å²) in [5, 5.41) is 6.90. The Bertz CT molecular complexity index is 842. The summed E-state index contributed by atoms with van der Waals surface area (Å²) in [5.74, 6) is -0.266. The predicted octanol–water partition coefficient (Wildman–Crippen LogP) is 1.62. The van der Waals surface area contributed by atoms with Crippen molar-refractivity contribution in [1.29, 1.82) is 0 Å². The molecule has 3 N–H and O–H groups in total. The molecule has 0 aliphatic carbocycles. The van der Waals surface area contributed by atoms with E-state index in [0.717, 1.165) is 0 Å². The molecule has 3 rings (SSSR count). The number of nitrogens with one attached hydrogen (secondary N) is 1. The number of thiocarbonyl (C=S) groups is 1. The second kappa shape index (κ2) is 5.29. The molecule has 7 heteroatoms. The summed E-state index contributed by atoms with van der Waals surface area (Å²) in [6, 6.07) is 7.06. The van der Waals surface area contributed by atoms with E-state index in [4.69, 9.17) is 18.0 Å². The van der Waals surface area contributed by atoms with Gasteiger partial charge in [-0.2, -0.15) is 5.10 Å². The summed E-state index contributed by atoms with van der Waals surface area (Å²) >= 11 is 4.92. The molecule has 0 bridgehead atoms. The molecular weight excluding hydrogens is 286 g/mol. The van der Waals surface area contributed by atoms with Crippen molar-refractivity contribution in [2.24, 2.45) is 5.73 Å². The second-order valence-electron chi connectivity index (χ2n) is 4.36. The van der Waals surface area contributed by atoms with E-state index in [1.807, 2.05) is 0 Å². The molecule has 0 aliphatic rings. The van der Waals surface area contributed by atoms with Crippen LogP contribution in [0.25, 0.3) is 5.52 Å². The molecule has 2 aromatic heterocycles. The fourth-order valence-electron chi connectivity index (χ4n) is 1.96. The van der Waals surface area contributed by atoms with Crippen LogP contribution in [0.2, 0.25) is 0 Å². The minimum Gasteiger partial charge on any atom is -0.389 e. The molecule has 3 aromatic rings. The molecule has 0 atom stereocenters. The molecule has 0 fully saturated rings. The van der Waals surface area contributed by atoms with E-state index >= 15 is 0 Å². The number of aromatic nitrogens is 3. The first-order valence-corrected chi connectivity index (χ1v) is 6.54. The quantitative estimate of drug-likeness (QED) is 0.717. The summed E-state index contributed by atoms with van der Waals surface area (Å²) in [4.78, 5) is 16.6. The van der Waals surface area contributed by atoms with Crippen molar-refractivity contribution >= 4 is 34.3 Å². The lowest BCUT2D eigenvalue weighted by atomic mass is 10.2. The number of rotatable bonds is 3. The molecule has 1 aromatic carbocycles. The first kappa shape index (κ1) is 13.2. The number of fused-ring (bicyclic) bond motifs is 1. The van der Waals surface area contributed by atoms with Gasteiger partial charge < -0.3 is 11.1 Å². The highest BCUT2D eigenvalue weighted by atomic mass is 32.1. The van der Waals surface area contributed by atoms with Crippen LogP contribution in [0.3, 0.4) is 0 Å². The van der Waals surface area contributed by atoms with Gasteiger partial charge in [-0.25, -0.2) is 4.52 Å². The highest BCUT2D eigenvalue weighted by molar-refractivity contribution is 7.80. The number of amides is 1. The zero-order valence-electron chi connectivity index (χ0n) is 10.9. The molecule has 0 aliphatic heterocycles. The smallest absolute Gasteiger partial charge is 0.259 e. The average Bonchev–Trinajstić information content (AvgIpc) is 2.91. The van der Waals surface area contributed by atoms with Crippen molar-refractivity contribution in [1.82, 2.24) is 14.6 Å². The van der Waals surface area contributed by atoms with Crippen molar-refractivity contribution in [2.45, 2.75) is 0 Å². The van der Waals surface area contributed by atoms with Crippen LogP contribution in [0.5, 0.6) is 0 Å². The highest BCUT2D eigenvalue weighted by Gasteiger charge is 2.13. The lowest BCUT2D eigenvalue weighted by Crippen LogP contribution is -2.13. The Morgan fingerprint density at radius 1 is 1.33 bits per heavy atom. The van der Waals surface area contributed by atoms with E-state index < -0.39 is 0 Å². The van der Waals surface area contributed by atoms with Crippen LogP contribution < -0.4 is 11.1 Å². The largest absolute Gasteiger partial charge is 0.389 e. The average molecular weight is 297 g/mol. The van der Waals surface area contributed by atoms with Crippen LogP contribution in [-0.2, 0) is 0 Å². The Morgan fingerprint density at radius 2 is 2.19 bits per heavy atom. The number of hydrogen-bond donors (Lipinski definition) is 2. The van der Waals surface area contributed by atoms with Gasteiger partial charge in [0.1, 0.15) is 4.99 Å². The third-order valence-electron chi connectivity index (χ3n) is 2.97. The molecular formula is C14H11N5OS. The predicted molar refractivity (Wildman–Crippen MR) is 83.3 cm³/mol. The minimum atomic E-state index is -0.266. The van der Waals surface area contributed by atoms with Crippen LogP contribution >= 0.6 is 12.2 Å². The Balaban J connectivity index is 1.90. The summed E-state index contributed by atoms with van der Waals surface area (Å²) in [6.07, 6.45) is 6.38. The van der Waals surface area contributed by atoms with Crippen molar-refractivity contribution in [3.05, 3.63) is 60.2 Å². The van der Waals surface area contributed by atoms with Crippen LogP contribution in [0.1, 0.15) is 15.9 Å². The molecule has 21 heavy (non-hydrogen) atoms. The molecule has 0 radical (unpaired) electrons. The third kappa shape index (κ3) is 2.59. The summed E-state index contributed by atoms with van der Waals surface area (Å²) in [7, 11) is 0. The number of benzene rings is 1. The third-order valence-corrected chi connectivity index (χ3v) is 3.21. The topological polar surface area (TPSA) is 85.3 Å². The fraction of sp³-hybridized carbons (Fsp3) is 0. The SMILES string of the molecule is NC(=S)c1cccc(NC(=O)c2cnn3ccncc23)c1. The van der Waals surface area contributed by atoms with Gasteiger partial charge in [-0.05, 0) is 12.1 Å². The van der Waals surface area contributed by atoms with Gasteiger partial charge in [0.2, 0.25) is 0 Å². The van der Waals surface area contributed by atoms with Crippen LogP contribution in [-0.4, -0.2) is 25.5 Å². The van der Waals surface area contributed by atoms with Gasteiger partial charge in [-0.3, -0.25) is 9.78 Å². The van der Waals surface area contributed by atoms with Gasteiger partial charge in [0.15, 0.2) is 0 Å². The summed E-state index contributed by atoms with van der Waals surface area (Å²) in [6.45, 7) is 0. The second-order valence-corrected chi connectivity index (χ2v) is 4.80. The Morgan fingerprint density at radius 3 is 3.00 bits per heavy atom. The monoisotopic (exact) mass is 297 g/mol. The van der Waals surface area contributed by atoms with Gasteiger partial charge in [-0.1, -0.05) is 24.4 Å². The molecule has 0 spiro atoms. The number of carbonyl (C=O) groups is 1. The van der Waals surface area contributed by atoms with Crippen molar-refractivity contribution < 1.29 is 4.79 Å². The first-order valence-electron chi connectivity index (χ1n) is 6.14. The van der Waals surface area contributed by atoms with E-state index in [2.05, 4.69) is 15.4 Å². The van der Waals surface area contributed by atoms with E-state index in [9.17, 15) is 4.79 Å². The highest BCUT2D eigenvalue weighted by Crippen LogP contribution is 2.14. The van der Waals surface area contributed by atoms with E-state index in [-0.39, 0.29) is 10.9 Å². The maximum Gasteiger partial charge on any atom is 0.259 e. The van der Waals surface area contributed by atoms with E-state index in [1.54, 1.807) is 47.4 Å². The molecule has 0 saturated heterocycles. The Labute approximate surface area is 125 Å². The molecule has 0 unspecified atom stereocenters. The summed E-state index contributed by atoms with van der Waals surface area (Å²) < 4.78 is 1.59. The normalized spacial score (nSPS) is 10.5. The minimum absolute atomic E-state index is 0.266. The van der Waals surface area contributed by atoms with Crippen LogP contribution in [0.15, 0.2) is 49.1 Å². The van der Waals surface area contributed by atoms with Crippen LogP contribution in [0.4, 0.5) is 5.69 Å². The molecule has 104 valence electrons. The number of carbonyl (C=O) groups excluding carboxylic acids is 1. The maximum absolute atomic E-state index is 12.3. The molecule has 2 heterocycles. The zero-order valence-corrected chi connectivity index (χ0v) is 11.7. The van der Waals surface area contributed by atoms with Crippen molar-refractivity contribution in [3.63, 3.8) is 0 Å². The van der Waals surface area contributed by atoms with Gasteiger partial charge in [0, 0.05) is 23.6 Å². The first-order chi connectivity index (χ1) is 10.1. The summed E-state index contributed by atoms with van der Waals surface area (Å²) in [5.41, 5.74) is 7.98. The van der Waals surface area contributed by atoms with Crippen molar-refractivity contribution in [3.8, 4) is 0 Å². The Hall–Kier alpha value is -2.80. The van der Waals surface area contributed by atoms with Gasteiger partial charge >= 0.3 is 0 Å². The number of anilines is 1. The maximum atomic E-state index is 12.3. The van der Waals surface area contributed by atoms with Crippen LogP contribution in [0, 0.1) is 0 Å². The molecule has 6 nitrogen and oxygen atoms in total. The zero-order chi connectivity index (χ0) is 14.8. The lowest BCUT2D eigenvalue weighted by Gasteiger charge is -2.06. The van der Waals surface area contributed by atoms with Gasteiger partial charge in [0.05, 0.1) is 23.5 Å². The van der Waals surface area contributed by atoms with E-state index in [1.165, 1.54) is 6.20 Å². The lowest BCUT2D eigenvalue weighted by molar-refractivity contribution is 0.102. The number of hydrogen-bond acceptors (Lipinski definition) is 4. The molecule has 1 amide bonds. The fourth-order valence-corrected chi connectivity index (χ4v) is 2.09. The van der Waals surface area contributed by atoms with Crippen molar-refractivity contribution in [2.75, 3.05) is 5.32 Å². The van der Waals surface area contributed by atoms with Gasteiger partial charge in [0.25, 0.3) is 5.91 Å². The standard InChI is InChI=1S/C14H11N5OS/c15-13(21)9-2-1-3-10(6-9)18-14(20)11-7-17-19-5-4-16-8-12(11)19/h1-8H,(H2,15,21)(H,18,20). The number of nitrogens with two attached hydrogens (primary N) is 1. The number of nitrogens with zero attached hydrogens (tertiary/aromatic N) is 3.